The van der Waals surface area contributed by atoms with Crippen molar-refractivity contribution >= 4 is 16.9 Å². The first-order valence-electron chi connectivity index (χ1n) is 10.8. The molecule has 33 heavy (non-hydrogen) atoms. The molecule has 0 aliphatic heterocycles. The average molecular weight is 449 g/mol. The van der Waals surface area contributed by atoms with Gasteiger partial charge < -0.3 is 15.4 Å². The van der Waals surface area contributed by atoms with Crippen molar-refractivity contribution in [3.05, 3.63) is 54.1 Å². The van der Waals surface area contributed by atoms with Crippen molar-refractivity contribution < 1.29 is 9.90 Å². The van der Waals surface area contributed by atoms with E-state index in [1.54, 1.807) is 37.1 Å². The van der Waals surface area contributed by atoms with Crippen molar-refractivity contribution in [3.8, 4) is 11.4 Å². The third-order valence-electron chi connectivity index (χ3n) is 5.55. The van der Waals surface area contributed by atoms with Crippen LogP contribution in [-0.4, -0.2) is 45.3 Å². The number of pyridine rings is 1. The molecule has 4 aromatic heterocycles. The Balaban J connectivity index is 1.59. The molecule has 0 fully saturated rings. The lowest BCUT2D eigenvalue weighted by molar-refractivity contribution is -0.126. The molecule has 4 rings (SSSR count). The van der Waals surface area contributed by atoms with Gasteiger partial charge in [-0.1, -0.05) is 0 Å². The summed E-state index contributed by atoms with van der Waals surface area (Å²) in [7, 11) is 0. The molecule has 0 aliphatic carbocycles. The Bertz CT molecular complexity index is 1310. The Hall–Kier alpha value is -3.66. The van der Waals surface area contributed by atoms with E-state index in [0.717, 1.165) is 28.0 Å². The highest BCUT2D eigenvalue weighted by Gasteiger charge is 2.26. The summed E-state index contributed by atoms with van der Waals surface area (Å²) in [5.74, 6) is 0.790. The summed E-state index contributed by atoms with van der Waals surface area (Å²) in [6, 6.07) is 4.01. The maximum absolute atomic E-state index is 11.6. The van der Waals surface area contributed by atoms with E-state index in [-0.39, 0.29) is 18.6 Å². The highest BCUT2D eigenvalue weighted by Crippen LogP contribution is 2.23. The molecule has 3 N–H and O–H groups in total. The fourth-order valence-electron chi connectivity index (χ4n) is 3.74. The van der Waals surface area contributed by atoms with Crippen LogP contribution in [0.5, 0.6) is 0 Å². The van der Waals surface area contributed by atoms with E-state index in [0.29, 0.717) is 24.6 Å². The van der Waals surface area contributed by atoms with Crippen LogP contribution in [0, 0.1) is 5.41 Å². The predicted octanol–water partition coefficient (Wildman–Crippen LogP) is 2.26. The van der Waals surface area contributed by atoms with E-state index in [1.165, 1.54) is 0 Å². The zero-order chi connectivity index (χ0) is 23.8. The predicted molar refractivity (Wildman–Crippen MR) is 123 cm³/mol. The van der Waals surface area contributed by atoms with Gasteiger partial charge in [0.15, 0.2) is 5.82 Å². The average Bonchev–Trinajstić information content (AvgIpc) is 3.37. The quantitative estimate of drug-likeness (QED) is 0.422. The third kappa shape index (κ3) is 4.61. The summed E-state index contributed by atoms with van der Waals surface area (Å²) in [4.78, 5) is 29.7. The number of aliphatic hydroxyl groups excluding tert-OH is 1. The smallest absolute Gasteiger partial charge is 0.224 e. The number of aromatic nitrogens is 7. The lowest BCUT2D eigenvalue weighted by Crippen LogP contribution is -2.35. The molecule has 172 valence electrons. The summed E-state index contributed by atoms with van der Waals surface area (Å²) in [5, 5.41) is 14.0. The fraction of sp³-hybridized carbons (Fsp3) is 0.391. The maximum atomic E-state index is 11.6. The minimum absolute atomic E-state index is 0.123. The molecule has 1 amide bonds. The normalized spacial score (nSPS) is 12.1. The van der Waals surface area contributed by atoms with Crippen LogP contribution >= 0.6 is 0 Å². The van der Waals surface area contributed by atoms with Gasteiger partial charge in [0, 0.05) is 30.6 Å². The van der Waals surface area contributed by atoms with Gasteiger partial charge in [-0.05, 0) is 39.8 Å². The first-order chi connectivity index (χ1) is 15.7. The monoisotopic (exact) mass is 448 g/mol. The SMILES string of the molecule is CC(C)n1c(CO)nc2cnc(Cc3ccnc(-c4cnn(CC(C)(C)C(N)=O)c4)n3)cc21. The van der Waals surface area contributed by atoms with Crippen LogP contribution < -0.4 is 5.73 Å². The number of nitrogens with zero attached hydrogens (tertiary/aromatic N) is 7. The molecule has 10 heteroatoms. The number of amides is 1. The molecule has 4 heterocycles. The van der Waals surface area contributed by atoms with E-state index in [9.17, 15) is 9.90 Å². The third-order valence-corrected chi connectivity index (χ3v) is 5.55. The van der Waals surface area contributed by atoms with Crippen molar-refractivity contribution in [2.45, 2.75) is 53.3 Å². The number of hydrogen-bond acceptors (Lipinski definition) is 7. The first kappa shape index (κ1) is 22.5. The van der Waals surface area contributed by atoms with Gasteiger partial charge in [0.25, 0.3) is 0 Å². The van der Waals surface area contributed by atoms with E-state index in [4.69, 9.17) is 5.73 Å². The van der Waals surface area contributed by atoms with Gasteiger partial charge in [-0.2, -0.15) is 5.10 Å². The fourth-order valence-corrected chi connectivity index (χ4v) is 3.74. The number of hydrogen-bond donors (Lipinski definition) is 2. The number of primary amides is 1. The maximum Gasteiger partial charge on any atom is 0.224 e. The standard InChI is InChI=1S/C23H28N8O2/c1-14(2)31-19-8-17(26-10-18(19)29-20(31)12-32)7-16-5-6-25-21(28-16)15-9-27-30(11-15)13-23(3,4)22(24)33/h5-6,8-11,14,32H,7,12-13H2,1-4H3,(H2,24,33). The van der Waals surface area contributed by atoms with Crippen molar-refractivity contribution in [1.29, 1.82) is 0 Å². The van der Waals surface area contributed by atoms with Crippen LogP contribution in [0.1, 0.15) is 50.9 Å². The molecule has 0 bridgehead atoms. The second-order valence-electron chi connectivity index (χ2n) is 9.04. The summed E-state index contributed by atoms with van der Waals surface area (Å²) in [6.07, 6.45) is 7.45. The van der Waals surface area contributed by atoms with Crippen molar-refractivity contribution in [1.82, 2.24) is 34.3 Å². The number of fused-ring (bicyclic) bond motifs is 1. The highest BCUT2D eigenvalue weighted by atomic mass is 16.3. The van der Waals surface area contributed by atoms with Crippen LogP contribution in [0.25, 0.3) is 22.4 Å². The number of carbonyl (C=O) groups is 1. The molecule has 4 aromatic rings. The Morgan fingerprint density at radius 3 is 2.67 bits per heavy atom. The van der Waals surface area contributed by atoms with Gasteiger partial charge in [0.2, 0.25) is 5.91 Å². The molecule has 0 atom stereocenters. The molecule has 0 aromatic carbocycles. The Labute approximate surface area is 191 Å². The number of carbonyl (C=O) groups excluding carboxylic acids is 1. The number of nitrogens with two attached hydrogens (primary N) is 1. The van der Waals surface area contributed by atoms with Crippen LogP contribution in [-0.2, 0) is 24.4 Å². The van der Waals surface area contributed by atoms with Crippen molar-refractivity contribution in [3.63, 3.8) is 0 Å². The first-order valence-corrected chi connectivity index (χ1v) is 10.8. The molecular weight excluding hydrogens is 420 g/mol. The molecule has 0 radical (unpaired) electrons. The van der Waals surface area contributed by atoms with E-state index in [1.807, 2.05) is 22.9 Å². The van der Waals surface area contributed by atoms with Gasteiger partial charge >= 0.3 is 0 Å². The second kappa shape index (κ2) is 8.70. The topological polar surface area (TPSA) is 138 Å². The minimum Gasteiger partial charge on any atom is -0.388 e. The van der Waals surface area contributed by atoms with Crippen LogP contribution in [0.15, 0.2) is 36.9 Å². The zero-order valence-electron chi connectivity index (χ0n) is 19.2. The summed E-state index contributed by atoms with van der Waals surface area (Å²) >= 11 is 0. The largest absolute Gasteiger partial charge is 0.388 e. The molecule has 0 aliphatic rings. The lowest BCUT2D eigenvalue weighted by atomic mass is 9.93. The van der Waals surface area contributed by atoms with E-state index in [2.05, 4.69) is 38.9 Å². The molecule has 0 unspecified atom stereocenters. The highest BCUT2D eigenvalue weighted by molar-refractivity contribution is 5.79. The van der Waals surface area contributed by atoms with Gasteiger partial charge in [-0.15, -0.1) is 0 Å². The Kier molecular flexibility index (Phi) is 5.94. The van der Waals surface area contributed by atoms with Crippen LogP contribution in [0.3, 0.4) is 0 Å². The van der Waals surface area contributed by atoms with E-state index < -0.39 is 5.41 Å². The minimum atomic E-state index is -0.714. The lowest BCUT2D eigenvalue weighted by Gasteiger charge is -2.19. The van der Waals surface area contributed by atoms with Crippen molar-refractivity contribution in [2.75, 3.05) is 0 Å². The second-order valence-corrected chi connectivity index (χ2v) is 9.04. The number of rotatable bonds is 8. The van der Waals surface area contributed by atoms with Crippen LogP contribution in [0.2, 0.25) is 0 Å². The number of imidazole rings is 1. The molecule has 0 saturated heterocycles. The summed E-state index contributed by atoms with van der Waals surface area (Å²) in [5.41, 5.74) is 8.86. The van der Waals surface area contributed by atoms with Gasteiger partial charge in [-0.25, -0.2) is 15.0 Å². The zero-order valence-corrected chi connectivity index (χ0v) is 19.2. The molecule has 10 nitrogen and oxygen atoms in total. The Morgan fingerprint density at radius 2 is 1.97 bits per heavy atom. The Morgan fingerprint density at radius 1 is 1.18 bits per heavy atom. The molecular formula is C23H28N8O2. The van der Waals surface area contributed by atoms with E-state index >= 15 is 0 Å². The van der Waals surface area contributed by atoms with Crippen LogP contribution in [0.4, 0.5) is 0 Å². The molecule has 0 saturated carbocycles. The van der Waals surface area contributed by atoms with Gasteiger partial charge in [0.05, 0.1) is 41.1 Å². The number of aliphatic hydroxyl groups is 1. The summed E-state index contributed by atoms with van der Waals surface area (Å²) < 4.78 is 3.70. The summed E-state index contributed by atoms with van der Waals surface area (Å²) in [6.45, 7) is 7.93. The van der Waals surface area contributed by atoms with Gasteiger partial charge in [-0.3, -0.25) is 14.5 Å². The van der Waals surface area contributed by atoms with Gasteiger partial charge in [0.1, 0.15) is 17.9 Å². The molecule has 0 spiro atoms. The van der Waals surface area contributed by atoms with Crippen molar-refractivity contribution in [2.24, 2.45) is 11.1 Å².